The van der Waals surface area contributed by atoms with E-state index in [-0.39, 0.29) is 18.4 Å². The third-order valence-corrected chi connectivity index (χ3v) is 3.84. The maximum absolute atomic E-state index is 11.4. The molecule has 0 aromatic heterocycles. The number of aliphatic hydroxyl groups excluding tert-OH is 1. The van der Waals surface area contributed by atoms with Gasteiger partial charge >= 0.3 is 10.5 Å². The highest BCUT2D eigenvalue weighted by Crippen LogP contribution is 2.08. The van der Waals surface area contributed by atoms with Crippen LogP contribution in [0.5, 0.6) is 0 Å². The van der Waals surface area contributed by atoms with E-state index in [1.165, 1.54) is 12.8 Å². The van der Waals surface area contributed by atoms with Crippen molar-refractivity contribution in [2.75, 3.05) is 19.7 Å². The first-order valence-electron chi connectivity index (χ1n) is 8.20. The van der Waals surface area contributed by atoms with Gasteiger partial charge in [0.05, 0.1) is 6.54 Å². The van der Waals surface area contributed by atoms with E-state index < -0.39 is 10.5 Å². The van der Waals surface area contributed by atoms with Crippen LogP contribution in [0.3, 0.4) is 0 Å². The molecular weight excluding hydrogens is 304 g/mol. The molecule has 0 radical (unpaired) electrons. The van der Waals surface area contributed by atoms with Gasteiger partial charge in [-0.15, -0.1) is 0 Å². The molecule has 0 bridgehead atoms. The van der Waals surface area contributed by atoms with Gasteiger partial charge in [-0.2, -0.15) is 12.8 Å². The van der Waals surface area contributed by atoms with E-state index in [1.54, 1.807) is 0 Å². The Kier molecular flexibility index (Phi) is 14.3. The fourth-order valence-corrected chi connectivity index (χ4v) is 2.40. The van der Waals surface area contributed by atoms with Crippen LogP contribution in [0.2, 0.25) is 0 Å². The third kappa shape index (κ3) is 15.4. The molecule has 6 nitrogen and oxygen atoms in total. The number of unbranched alkanes of at least 4 members (excludes halogenated alkanes) is 7. The Hall–Kier alpha value is -0.950. The number of rotatable bonds is 14. The first-order valence-corrected chi connectivity index (χ1v) is 9.24. The van der Waals surface area contributed by atoms with Crippen molar-refractivity contribution < 1.29 is 18.3 Å². The molecule has 0 rings (SSSR count). The Morgan fingerprint density at radius 1 is 1.05 bits per heavy atom. The summed E-state index contributed by atoms with van der Waals surface area (Å²) in [4.78, 5) is 11.4. The van der Waals surface area contributed by atoms with Gasteiger partial charge in [-0.1, -0.05) is 45.4 Å². The van der Waals surface area contributed by atoms with Gasteiger partial charge in [0.1, 0.15) is 0 Å². The zero-order valence-electron chi connectivity index (χ0n) is 13.6. The van der Waals surface area contributed by atoms with E-state index in [9.17, 15) is 13.2 Å². The van der Waals surface area contributed by atoms with Gasteiger partial charge in [0, 0.05) is 19.6 Å². The second kappa shape index (κ2) is 15.0. The fraction of sp³-hybridized carbons (Fsp3) is 0.933. The lowest BCUT2D eigenvalue weighted by Gasteiger charge is -2.08. The Balaban J connectivity index is 3.23. The predicted molar refractivity (Wildman–Crippen MR) is 87.0 cm³/mol. The van der Waals surface area contributed by atoms with Crippen LogP contribution in [0, 0.1) is 5.92 Å². The minimum Gasteiger partial charge on any atom is -0.396 e. The number of nitrogens with one attached hydrogen (secondary N) is 1. The van der Waals surface area contributed by atoms with Gasteiger partial charge < -0.3 is 10.4 Å². The van der Waals surface area contributed by atoms with Crippen LogP contribution in [-0.2, 0) is 15.3 Å². The number of hydrogen-bond acceptors (Lipinski definition) is 5. The van der Waals surface area contributed by atoms with Crippen LogP contribution in [0.25, 0.3) is 0 Å². The zero-order chi connectivity index (χ0) is 16.6. The average molecular weight is 334 g/mol. The molecule has 0 saturated heterocycles. The van der Waals surface area contributed by atoms with E-state index >= 15 is 0 Å². The predicted octanol–water partition coefficient (Wildman–Crippen LogP) is 2.30. The van der Waals surface area contributed by atoms with E-state index in [2.05, 4.69) is 9.68 Å². The van der Waals surface area contributed by atoms with Crippen LogP contribution >= 0.6 is 0 Å². The smallest absolute Gasteiger partial charge is 0.311 e. The molecule has 0 aliphatic heterocycles. The van der Waals surface area contributed by atoms with Crippen molar-refractivity contribution in [2.45, 2.75) is 64.7 Å². The van der Waals surface area contributed by atoms with Gasteiger partial charge in [-0.3, -0.25) is 4.79 Å². The van der Waals surface area contributed by atoms with E-state index in [4.69, 9.17) is 5.11 Å². The number of amides is 1. The molecular formula is C15H30N2O4S. The van der Waals surface area contributed by atoms with Crippen molar-refractivity contribution in [3.8, 4) is 0 Å². The summed E-state index contributed by atoms with van der Waals surface area (Å²) < 4.78 is 23.7. The summed E-state index contributed by atoms with van der Waals surface area (Å²) in [6.07, 6.45) is 9.00. The molecule has 0 heterocycles. The number of hydrogen-bond donors (Lipinski definition) is 2. The maximum Gasteiger partial charge on any atom is 0.311 e. The summed E-state index contributed by atoms with van der Waals surface area (Å²) >= 11 is 0. The number of aliphatic hydroxyl groups is 1. The first-order chi connectivity index (χ1) is 10.6. The van der Waals surface area contributed by atoms with Crippen molar-refractivity contribution in [3.63, 3.8) is 0 Å². The molecule has 0 aromatic carbocycles. The molecule has 0 fully saturated rings. The van der Waals surface area contributed by atoms with Gasteiger partial charge in [-0.25, -0.2) is 0 Å². The fourth-order valence-electron chi connectivity index (χ4n) is 2.12. The largest absolute Gasteiger partial charge is 0.396 e. The van der Waals surface area contributed by atoms with Crippen molar-refractivity contribution in [1.29, 1.82) is 0 Å². The van der Waals surface area contributed by atoms with Crippen LogP contribution in [0.1, 0.15) is 64.7 Å². The van der Waals surface area contributed by atoms with Crippen LogP contribution in [0.4, 0.5) is 0 Å². The monoisotopic (exact) mass is 334 g/mol. The van der Waals surface area contributed by atoms with E-state index in [0.29, 0.717) is 19.5 Å². The van der Waals surface area contributed by atoms with E-state index in [0.717, 1.165) is 38.5 Å². The molecule has 130 valence electrons. The second-order valence-corrected chi connectivity index (χ2v) is 6.43. The Morgan fingerprint density at radius 2 is 1.59 bits per heavy atom. The molecule has 1 unspecified atom stereocenters. The molecule has 7 heteroatoms. The molecule has 2 N–H and O–H groups in total. The number of nitrogens with zero attached hydrogens (tertiary/aromatic N) is 1. The van der Waals surface area contributed by atoms with Crippen LogP contribution < -0.4 is 5.32 Å². The lowest BCUT2D eigenvalue weighted by atomic mass is 10.1. The topological polar surface area (TPSA) is 95.8 Å². The lowest BCUT2D eigenvalue weighted by molar-refractivity contribution is -0.122. The summed E-state index contributed by atoms with van der Waals surface area (Å²) in [5.41, 5.74) is 0. The molecule has 0 spiro atoms. The minimum absolute atomic E-state index is 0.0194. The summed E-state index contributed by atoms with van der Waals surface area (Å²) in [7, 11) is -2.25. The molecule has 0 aromatic rings. The lowest BCUT2D eigenvalue weighted by Crippen LogP contribution is -2.26. The quantitative estimate of drug-likeness (QED) is 0.476. The molecule has 1 amide bonds. The first kappa shape index (κ1) is 21.0. The molecule has 1 atom stereocenters. The summed E-state index contributed by atoms with van der Waals surface area (Å²) in [6, 6.07) is 0. The number of carbonyl (C=O) groups excluding carboxylic acids is 1. The molecule has 22 heavy (non-hydrogen) atoms. The van der Waals surface area contributed by atoms with Gasteiger partial charge in [0.25, 0.3) is 0 Å². The van der Waals surface area contributed by atoms with Crippen LogP contribution in [0.15, 0.2) is 4.36 Å². The average Bonchev–Trinajstić information content (AvgIpc) is 2.47. The molecule has 0 saturated carbocycles. The van der Waals surface area contributed by atoms with Gasteiger partial charge in [0.15, 0.2) is 0 Å². The second-order valence-electron chi connectivity index (χ2n) is 5.74. The van der Waals surface area contributed by atoms with Crippen molar-refractivity contribution in [2.24, 2.45) is 10.3 Å². The Labute approximate surface area is 135 Å². The highest BCUT2D eigenvalue weighted by molar-refractivity contribution is 7.61. The SMILES string of the molecule is CC(CO)CC(=O)NCCCCCCCCCCN=S(=O)=O. The summed E-state index contributed by atoms with van der Waals surface area (Å²) in [5, 5.41) is 11.7. The van der Waals surface area contributed by atoms with Crippen molar-refractivity contribution >= 4 is 16.4 Å². The molecule has 0 aliphatic rings. The third-order valence-electron chi connectivity index (χ3n) is 3.45. The standard InChI is InChI=1S/C15H30N2O4S/c1-14(13-18)12-15(19)16-10-8-6-4-2-3-5-7-9-11-17-22(20)21/h14,18H,2-13H2,1H3,(H,16,19). The van der Waals surface area contributed by atoms with E-state index in [1.807, 2.05) is 6.92 Å². The summed E-state index contributed by atoms with van der Waals surface area (Å²) in [5.74, 6) is 0.0485. The van der Waals surface area contributed by atoms with Crippen LogP contribution in [-0.4, -0.2) is 39.1 Å². The normalized spacial score (nSPS) is 11.9. The summed E-state index contributed by atoms with van der Waals surface area (Å²) in [6.45, 7) is 3.03. The zero-order valence-corrected chi connectivity index (χ0v) is 14.4. The Morgan fingerprint density at radius 3 is 2.14 bits per heavy atom. The minimum atomic E-state index is -2.25. The van der Waals surface area contributed by atoms with Gasteiger partial charge in [0.2, 0.25) is 5.91 Å². The highest BCUT2D eigenvalue weighted by Gasteiger charge is 2.06. The highest BCUT2D eigenvalue weighted by atomic mass is 32.2. The van der Waals surface area contributed by atoms with Gasteiger partial charge in [-0.05, 0) is 18.8 Å². The van der Waals surface area contributed by atoms with Crippen molar-refractivity contribution in [1.82, 2.24) is 5.32 Å². The Bertz CT molecular complexity index is 402. The van der Waals surface area contributed by atoms with Crippen molar-refractivity contribution in [3.05, 3.63) is 0 Å². The number of carbonyl (C=O) groups is 1. The molecule has 0 aliphatic carbocycles. The maximum atomic E-state index is 11.4.